The molecular weight excluding hydrogens is 256 g/mol. The topological polar surface area (TPSA) is 17.1 Å². The maximum atomic E-state index is 12.9. The van der Waals surface area contributed by atoms with Gasteiger partial charge in [-0.15, -0.1) is 13.2 Å². The molecule has 0 saturated heterocycles. The zero-order valence-corrected chi connectivity index (χ0v) is 12.0. The van der Waals surface area contributed by atoms with Crippen molar-refractivity contribution in [3.8, 4) is 0 Å². The van der Waals surface area contributed by atoms with Crippen molar-refractivity contribution in [1.29, 1.82) is 0 Å². The average molecular weight is 274 g/mol. The second-order valence-corrected chi connectivity index (χ2v) is 6.24. The molecule has 21 heavy (non-hydrogen) atoms. The zero-order valence-electron chi connectivity index (χ0n) is 12.0. The standard InChI is InChI=1S/C20H18O/c1-3-12-9-13(4-2)19-18(12)16-10-14-7-5-6-8-15(14)11-17(16)20(19)21/h3-8,10-13,18-19H,1-2,9H2. The Morgan fingerprint density at radius 1 is 0.952 bits per heavy atom. The second-order valence-electron chi connectivity index (χ2n) is 6.24. The Morgan fingerprint density at radius 2 is 1.57 bits per heavy atom. The third kappa shape index (κ3) is 1.61. The summed E-state index contributed by atoms with van der Waals surface area (Å²) >= 11 is 0. The number of carbonyl (C=O) groups excluding carboxylic acids is 1. The van der Waals surface area contributed by atoms with E-state index in [1.54, 1.807) is 0 Å². The van der Waals surface area contributed by atoms with Gasteiger partial charge in [0.2, 0.25) is 0 Å². The van der Waals surface area contributed by atoms with Gasteiger partial charge in [-0.1, -0.05) is 42.5 Å². The summed E-state index contributed by atoms with van der Waals surface area (Å²) in [7, 11) is 0. The van der Waals surface area contributed by atoms with Crippen molar-refractivity contribution in [2.75, 3.05) is 0 Å². The number of hydrogen-bond donors (Lipinski definition) is 0. The second kappa shape index (κ2) is 4.42. The van der Waals surface area contributed by atoms with Crippen LogP contribution >= 0.6 is 0 Å². The molecule has 4 atom stereocenters. The molecular formula is C20H18O. The fourth-order valence-electron chi connectivity index (χ4n) is 4.33. The van der Waals surface area contributed by atoms with Crippen LogP contribution in [0.25, 0.3) is 10.8 Å². The summed E-state index contributed by atoms with van der Waals surface area (Å²) in [6.07, 6.45) is 4.99. The molecule has 1 saturated carbocycles. The van der Waals surface area contributed by atoms with E-state index in [1.807, 2.05) is 18.2 Å². The van der Waals surface area contributed by atoms with E-state index in [-0.39, 0.29) is 17.8 Å². The summed E-state index contributed by atoms with van der Waals surface area (Å²) < 4.78 is 0. The van der Waals surface area contributed by atoms with Gasteiger partial charge in [-0.3, -0.25) is 4.79 Å². The summed E-state index contributed by atoms with van der Waals surface area (Å²) in [5.74, 6) is 1.32. The predicted octanol–water partition coefficient (Wildman–Crippen LogP) is 4.74. The van der Waals surface area contributed by atoms with Gasteiger partial charge in [-0.2, -0.15) is 0 Å². The van der Waals surface area contributed by atoms with Crippen molar-refractivity contribution < 1.29 is 4.79 Å². The summed E-state index contributed by atoms with van der Waals surface area (Å²) in [4.78, 5) is 12.9. The summed E-state index contributed by atoms with van der Waals surface area (Å²) in [6, 6.07) is 12.6. The fourth-order valence-corrected chi connectivity index (χ4v) is 4.33. The average Bonchev–Trinajstić information content (AvgIpc) is 3.03. The van der Waals surface area contributed by atoms with Gasteiger partial charge in [0.1, 0.15) is 0 Å². The van der Waals surface area contributed by atoms with Crippen LogP contribution in [0.4, 0.5) is 0 Å². The minimum Gasteiger partial charge on any atom is -0.294 e. The number of carbonyl (C=O) groups is 1. The molecule has 0 N–H and O–H groups in total. The molecule has 2 aromatic carbocycles. The van der Waals surface area contributed by atoms with Crippen LogP contribution in [-0.4, -0.2) is 5.78 Å². The molecule has 0 heterocycles. The van der Waals surface area contributed by atoms with Crippen LogP contribution in [0.2, 0.25) is 0 Å². The van der Waals surface area contributed by atoms with Crippen LogP contribution < -0.4 is 0 Å². The first-order valence-corrected chi connectivity index (χ1v) is 7.56. The Morgan fingerprint density at radius 3 is 2.24 bits per heavy atom. The molecule has 2 aliphatic carbocycles. The molecule has 0 spiro atoms. The molecule has 0 aromatic heterocycles. The van der Waals surface area contributed by atoms with E-state index >= 15 is 0 Å². The number of allylic oxidation sites excluding steroid dienone is 2. The molecule has 1 nitrogen and oxygen atoms in total. The van der Waals surface area contributed by atoms with Gasteiger partial charge in [0, 0.05) is 17.4 Å². The highest BCUT2D eigenvalue weighted by Crippen LogP contribution is 2.55. The smallest absolute Gasteiger partial charge is 0.167 e. The van der Waals surface area contributed by atoms with E-state index in [4.69, 9.17) is 0 Å². The molecule has 0 bridgehead atoms. The number of Topliss-reactive ketones (excluding diaryl/α,β-unsaturated/α-hetero) is 1. The monoisotopic (exact) mass is 274 g/mol. The van der Waals surface area contributed by atoms with Gasteiger partial charge in [-0.25, -0.2) is 0 Å². The van der Waals surface area contributed by atoms with Gasteiger partial charge in [0.15, 0.2) is 5.78 Å². The van der Waals surface area contributed by atoms with Crippen LogP contribution in [-0.2, 0) is 0 Å². The summed E-state index contributed by atoms with van der Waals surface area (Å²) in [5.41, 5.74) is 2.14. The molecule has 0 amide bonds. The molecule has 2 aromatic rings. The first-order valence-electron chi connectivity index (χ1n) is 7.56. The van der Waals surface area contributed by atoms with E-state index in [1.165, 1.54) is 10.9 Å². The van der Waals surface area contributed by atoms with Crippen LogP contribution in [0.1, 0.15) is 28.3 Å². The lowest BCUT2D eigenvalue weighted by molar-refractivity contribution is 0.0913. The Hall–Kier alpha value is -2.15. The van der Waals surface area contributed by atoms with Crippen molar-refractivity contribution in [3.63, 3.8) is 0 Å². The van der Waals surface area contributed by atoms with E-state index in [0.717, 1.165) is 17.4 Å². The van der Waals surface area contributed by atoms with Crippen molar-refractivity contribution in [1.82, 2.24) is 0 Å². The third-order valence-electron chi connectivity index (χ3n) is 5.30. The van der Waals surface area contributed by atoms with Crippen molar-refractivity contribution >= 4 is 16.6 Å². The lowest BCUT2D eigenvalue weighted by Gasteiger charge is -2.16. The molecule has 0 radical (unpaired) electrons. The summed E-state index contributed by atoms with van der Waals surface area (Å²) in [6.45, 7) is 7.92. The van der Waals surface area contributed by atoms with Gasteiger partial charge >= 0.3 is 0 Å². The highest BCUT2D eigenvalue weighted by atomic mass is 16.1. The van der Waals surface area contributed by atoms with E-state index < -0.39 is 0 Å². The van der Waals surface area contributed by atoms with Crippen molar-refractivity contribution in [2.45, 2.75) is 12.3 Å². The Labute approximate surface area is 125 Å². The fraction of sp³-hybridized carbons (Fsp3) is 0.250. The molecule has 0 aliphatic heterocycles. The van der Waals surface area contributed by atoms with Gasteiger partial charge in [-0.05, 0) is 40.7 Å². The quantitative estimate of drug-likeness (QED) is 0.723. The van der Waals surface area contributed by atoms with E-state index in [0.29, 0.717) is 11.7 Å². The van der Waals surface area contributed by atoms with Crippen LogP contribution in [0.15, 0.2) is 61.7 Å². The maximum Gasteiger partial charge on any atom is 0.167 e. The highest BCUT2D eigenvalue weighted by Gasteiger charge is 2.51. The van der Waals surface area contributed by atoms with Gasteiger partial charge < -0.3 is 0 Å². The molecule has 4 unspecified atom stereocenters. The predicted molar refractivity (Wildman–Crippen MR) is 86.5 cm³/mol. The SMILES string of the molecule is C=CC1CC(C=C)C2c3cc4ccccc4cc3C(=O)C12. The van der Waals surface area contributed by atoms with E-state index in [2.05, 4.69) is 43.5 Å². The van der Waals surface area contributed by atoms with Crippen LogP contribution in [0, 0.1) is 17.8 Å². The number of ketones is 1. The first kappa shape index (κ1) is 12.6. The minimum absolute atomic E-state index is 0.0670. The van der Waals surface area contributed by atoms with Crippen molar-refractivity contribution in [3.05, 3.63) is 72.8 Å². The largest absolute Gasteiger partial charge is 0.294 e. The normalized spacial score (nSPS) is 30.2. The number of benzene rings is 2. The lowest BCUT2D eigenvalue weighted by atomic mass is 9.86. The minimum atomic E-state index is 0.0670. The van der Waals surface area contributed by atoms with Crippen LogP contribution in [0.5, 0.6) is 0 Å². The first-order chi connectivity index (χ1) is 10.2. The zero-order chi connectivity index (χ0) is 14.6. The van der Waals surface area contributed by atoms with E-state index in [9.17, 15) is 4.79 Å². The summed E-state index contributed by atoms with van der Waals surface area (Å²) in [5, 5.41) is 2.37. The van der Waals surface area contributed by atoms with Crippen LogP contribution in [0.3, 0.4) is 0 Å². The highest BCUT2D eigenvalue weighted by molar-refractivity contribution is 6.07. The molecule has 1 fully saturated rings. The number of hydrogen-bond acceptors (Lipinski definition) is 1. The molecule has 2 aliphatic rings. The number of fused-ring (bicyclic) bond motifs is 4. The van der Waals surface area contributed by atoms with Gasteiger partial charge in [0.05, 0.1) is 0 Å². The van der Waals surface area contributed by atoms with Crippen molar-refractivity contribution in [2.24, 2.45) is 17.8 Å². The maximum absolute atomic E-state index is 12.9. The van der Waals surface area contributed by atoms with Gasteiger partial charge in [0.25, 0.3) is 0 Å². The Bertz CT molecular complexity index is 771. The molecule has 104 valence electrons. The lowest BCUT2D eigenvalue weighted by Crippen LogP contribution is -2.15. The Balaban J connectivity index is 1.95. The number of rotatable bonds is 2. The third-order valence-corrected chi connectivity index (χ3v) is 5.30. The molecule has 4 rings (SSSR count). The molecule has 1 heteroatoms. The Kier molecular flexibility index (Phi) is 2.65.